The van der Waals surface area contributed by atoms with Crippen molar-refractivity contribution in [1.82, 2.24) is 4.98 Å². The molecule has 0 unspecified atom stereocenters. The number of thiazole rings is 1. The quantitative estimate of drug-likeness (QED) is 0.768. The summed E-state index contributed by atoms with van der Waals surface area (Å²) in [5.41, 5.74) is 7.51. The topological polar surface area (TPSA) is 38.9 Å². The second-order valence-corrected chi connectivity index (χ2v) is 6.85. The molecule has 0 fully saturated rings. The summed E-state index contributed by atoms with van der Waals surface area (Å²) in [6.07, 6.45) is 0. The van der Waals surface area contributed by atoms with Gasteiger partial charge in [0.25, 0.3) is 0 Å². The smallest absolute Gasteiger partial charge is 0.156 e. The molecular formula is C15H13FN2S2. The number of hydrogen-bond acceptors (Lipinski definition) is 4. The molecule has 0 bridgehead atoms. The standard InChI is InChI=1S/C15H13FN2S2/c1-9(17)10-6-7-13(11(16)8-10)19-15-18-12-4-2-3-5-14(12)20-15/h2-9H,17H2,1H3/t9-/m1/s1. The molecule has 3 aromatic rings. The molecular weight excluding hydrogens is 291 g/mol. The summed E-state index contributed by atoms with van der Waals surface area (Å²) in [7, 11) is 0. The average Bonchev–Trinajstić information content (AvgIpc) is 2.83. The van der Waals surface area contributed by atoms with Crippen molar-refractivity contribution in [2.75, 3.05) is 0 Å². The van der Waals surface area contributed by atoms with E-state index in [4.69, 9.17) is 5.73 Å². The first-order valence-electron chi connectivity index (χ1n) is 6.22. The van der Waals surface area contributed by atoms with Gasteiger partial charge in [-0.3, -0.25) is 0 Å². The van der Waals surface area contributed by atoms with Crippen LogP contribution in [0.15, 0.2) is 51.7 Å². The molecule has 0 radical (unpaired) electrons. The Morgan fingerprint density at radius 1 is 1.25 bits per heavy atom. The number of hydrogen-bond donors (Lipinski definition) is 1. The Morgan fingerprint density at radius 3 is 2.75 bits per heavy atom. The lowest BCUT2D eigenvalue weighted by atomic mass is 10.1. The van der Waals surface area contributed by atoms with E-state index in [2.05, 4.69) is 4.98 Å². The third-order valence-electron chi connectivity index (χ3n) is 2.95. The van der Waals surface area contributed by atoms with Gasteiger partial charge in [-0.05, 0) is 36.8 Å². The van der Waals surface area contributed by atoms with Gasteiger partial charge in [0.15, 0.2) is 4.34 Å². The zero-order chi connectivity index (χ0) is 14.1. The minimum absolute atomic E-state index is 0.161. The lowest BCUT2D eigenvalue weighted by Gasteiger charge is -2.07. The molecule has 102 valence electrons. The molecule has 0 aliphatic rings. The molecule has 5 heteroatoms. The molecule has 0 spiro atoms. The normalized spacial score (nSPS) is 12.8. The molecule has 1 aromatic heterocycles. The minimum atomic E-state index is -0.246. The van der Waals surface area contributed by atoms with E-state index in [1.54, 1.807) is 17.4 Å². The average molecular weight is 304 g/mol. The van der Waals surface area contributed by atoms with Crippen molar-refractivity contribution in [2.24, 2.45) is 5.73 Å². The van der Waals surface area contributed by atoms with Crippen molar-refractivity contribution >= 4 is 33.3 Å². The van der Waals surface area contributed by atoms with Crippen LogP contribution in [0.1, 0.15) is 18.5 Å². The van der Waals surface area contributed by atoms with Gasteiger partial charge in [0.05, 0.1) is 15.1 Å². The number of rotatable bonds is 3. The first-order valence-corrected chi connectivity index (χ1v) is 7.85. The van der Waals surface area contributed by atoms with Crippen LogP contribution in [0, 0.1) is 5.82 Å². The summed E-state index contributed by atoms with van der Waals surface area (Å²) < 4.78 is 16.0. The Kier molecular flexibility index (Phi) is 3.74. The largest absolute Gasteiger partial charge is 0.324 e. The van der Waals surface area contributed by atoms with Gasteiger partial charge in [-0.1, -0.05) is 30.0 Å². The fraction of sp³-hybridized carbons (Fsp3) is 0.133. The minimum Gasteiger partial charge on any atom is -0.324 e. The number of nitrogens with zero attached hydrogens (tertiary/aromatic N) is 1. The number of aromatic nitrogens is 1. The molecule has 2 nitrogen and oxygen atoms in total. The van der Waals surface area contributed by atoms with Crippen LogP contribution >= 0.6 is 23.1 Å². The monoisotopic (exact) mass is 304 g/mol. The molecule has 1 heterocycles. The van der Waals surface area contributed by atoms with Gasteiger partial charge in [0, 0.05) is 6.04 Å². The SMILES string of the molecule is C[C@@H](N)c1ccc(Sc2nc3ccccc3s2)c(F)c1. The van der Waals surface area contributed by atoms with Crippen molar-refractivity contribution in [3.8, 4) is 0 Å². The Bertz CT molecular complexity index is 719. The summed E-state index contributed by atoms with van der Waals surface area (Å²) in [6.45, 7) is 1.84. The predicted octanol–water partition coefficient (Wildman–Crippen LogP) is 4.61. The number of halogens is 1. The van der Waals surface area contributed by atoms with E-state index in [9.17, 15) is 4.39 Å². The lowest BCUT2D eigenvalue weighted by Crippen LogP contribution is -2.05. The zero-order valence-corrected chi connectivity index (χ0v) is 12.5. The van der Waals surface area contributed by atoms with E-state index < -0.39 is 0 Å². The van der Waals surface area contributed by atoms with E-state index in [1.165, 1.54) is 17.8 Å². The van der Waals surface area contributed by atoms with Crippen LogP contribution in [0.5, 0.6) is 0 Å². The van der Waals surface area contributed by atoms with Crippen LogP contribution < -0.4 is 5.73 Å². The number of nitrogens with two attached hydrogens (primary N) is 1. The molecule has 2 aromatic carbocycles. The molecule has 3 rings (SSSR count). The molecule has 20 heavy (non-hydrogen) atoms. The van der Waals surface area contributed by atoms with Gasteiger partial charge >= 0.3 is 0 Å². The lowest BCUT2D eigenvalue weighted by molar-refractivity contribution is 0.596. The highest BCUT2D eigenvalue weighted by atomic mass is 32.2. The number of fused-ring (bicyclic) bond motifs is 1. The Labute approximate surface area is 124 Å². The first kappa shape index (κ1) is 13.5. The van der Waals surface area contributed by atoms with E-state index in [1.807, 2.05) is 37.3 Å². The maximum absolute atomic E-state index is 14.1. The van der Waals surface area contributed by atoms with Crippen LogP contribution in [0.2, 0.25) is 0 Å². The Balaban J connectivity index is 1.90. The van der Waals surface area contributed by atoms with E-state index >= 15 is 0 Å². The second-order valence-electron chi connectivity index (χ2n) is 4.53. The van der Waals surface area contributed by atoms with Crippen LogP contribution in [0.3, 0.4) is 0 Å². The van der Waals surface area contributed by atoms with Gasteiger partial charge in [0.1, 0.15) is 5.82 Å². The highest BCUT2D eigenvalue weighted by Gasteiger charge is 2.10. The van der Waals surface area contributed by atoms with Crippen LogP contribution in [-0.2, 0) is 0 Å². The molecule has 2 N–H and O–H groups in total. The predicted molar refractivity (Wildman–Crippen MR) is 82.7 cm³/mol. The molecule has 0 aliphatic heterocycles. The van der Waals surface area contributed by atoms with E-state index in [0.29, 0.717) is 4.90 Å². The van der Waals surface area contributed by atoms with Crippen LogP contribution in [0.4, 0.5) is 4.39 Å². The van der Waals surface area contributed by atoms with Crippen molar-refractivity contribution in [2.45, 2.75) is 22.2 Å². The van der Waals surface area contributed by atoms with Gasteiger partial charge in [0.2, 0.25) is 0 Å². The van der Waals surface area contributed by atoms with Gasteiger partial charge in [-0.15, -0.1) is 11.3 Å². The summed E-state index contributed by atoms with van der Waals surface area (Å²) in [6, 6.07) is 12.9. The third kappa shape index (κ3) is 2.70. The zero-order valence-electron chi connectivity index (χ0n) is 10.8. The molecule has 0 amide bonds. The maximum atomic E-state index is 14.1. The third-order valence-corrected chi connectivity index (χ3v) is 5.10. The maximum Gasteiger partial charge on any atom is 0.156 e. The van der Waals surface area contributed by atoms with Crippen LogP contribution in [0.25, 0.3) is 10.2 Å². The van der Waals surface area contributed by atoms with Crippen molar-refractivity contribution in [1.29, 1.82) is 0 Å². The first-order chi connectivity index (χ1) is 9.63. The fourth-order valence-corrected chi connectivity index (χ4v) is 3.90. The summed E-state index contributed by atoms with van der Waals surface area (Å²) in [4.78, 5) is 5.07. The summed E-state index contributed by atoms with van der Waals surface area (Å²) in [5, 5.41) is 0. The molecule has 0 saturated heterocycles. The Hall–Kier alpha value is -1.43. The van der Waals surface area contributed by atoms with E-state index in [0.717, 1.165) is 20.1 Å². The number of para-hydroxylation sites is 1. The summed E-state index contributed by atoms with van der Waals surface area (Å²) >= 11 is 2.92. The van der Waals surface area contributed by atoms with Gasteiger partial charge in [-0.2, -0.15) is 0 Å². The summed E-state index contributed by atoms with van der Waals surface area (Å²) in [5.74, 6) is -0.246. The van der Waals surface area contributed by atoms with Gasteiger partial charge < -0.3 is 5.73 Å². The highest BCUT2D eigenvalue weighted by molar-refractivity contribution is 8.01. The van der Waals surface area contributed by atoms with Crippen LogP contribution in [-0.4, -0.2) is 4.98 Å². The fourth-order valence-electron chi connectivity index (χ4n) is 1.87. The second kappa shape index (κ2) is 5.52. The van der Waals surface area contributed by atoms with Gasteiger partial charge in [-0.25, -0.2) is 9.37 Å². The van der Waals surface area contributed by atoms with Crippen molar-refractivity contribution in [3.05, 3.63) is 53.8 Å². The van der Waals surface area contributed by atoms with E-state index in [-0.39, 0.29) is 11.9 Å². The molecule has 0 aliphatic carbocycles. The number of benzene rings is 2. The highest BCUT2D eigenvalue weighted by Crippen LogP contribution is 2.35. The molecule has 1 atom stereocenters. The Morgan fingerprint density at radius 2 is 2.05 bits per heavy atom. The molecule has 0 saturated carbocycles. The van der Waals surface area contributed by atoms with Crippen molar-refractivity contribution < 1.29 is 4.39 Å². The van der Waals surface area contributed by atoms with Crippen molar-refractivity contribution in [3.63, 3.8) is 0 Å².